The standard InChI is InChI=1S/C6H8O7.C2H4O2.Pb/c7-3(8)1-6(13,5(11)12)2-4(9)10;1-2(3)4;/h13H,1-2H2,(H,7,8)(H,9,10)(H,11,12);1H3,(H,3,4);/q;;+3/p-3. The van der Waals surface area contributed by atoms with Gasteiger partial charge in [0.1, 0.15) is 0 Å². The summed E-state index contributed by atoms with van der Waals surface area (Å²) in [5.41, 5.74) is -2.49. The van der Waals surface area contributed by atoms with E-state index in [0.717, 1.165) is 6.92 Å². The van der Waals surface area contributed by atoms with Crippen LogP contribution in [0.5, 0.6) is 0 Å². The van der Waals surface area contributed by atoms with Crippen molar-refractivity contribution >= 4 is 47.9 Å². The number of carbonyl (C=O) groups is 4. The van der Waals surface area contributed by atoms with Crippen molar-refractivity contribution < 1.29 is 37.5 Å². The second-order valence-electron chi connectivity index (χ2n) is 3.49. The van der Waals surface area contributed by atoms with Crippen LogP contribution >= 0.6 is 0 Å². The number of hydrogen-bond donors (Lipinski definition) is 2. The molecule has 0 aliphatic carbocycles. The van der Waals surface area contributed by atoms with Crippen molar-refractivity contribution in [3.8, 4) is 0 Å². The Balaban J connectivity index is 2.87. The van der Waals surface area contributed by atoms with Crippen molar-refractivity contribution in [1.82, 2.24) is 0 Å². The number of carboxylic acid groups (broad SMARTS) is 1. The molecule has 99 valence electrons. The van der Waals surface area contributed by atoms with Crippen LogP contribution in [0.4, 0.5) is 0 Å². The van der Waals surface area contributed by atoms with E-state index in [1.165, 1.54) is 0 Å². The van der Waals surface area contributed by atoms with E-state index in [4.69, 9.17) is 5.11 Å². The first kappa shape index (κ1) is 14.8. The minimum absolute atomic E-state index is 0.790. The summed E-state index contributed by atoms with van der Waals surface area (Å²) >= 11 is -4.15. The maximum atomic E-state index is 11.5. The number of carboxylic acids is 1. The fourth-order valence-corrected chi connectivity index (χ4v) is 4.90. The number of carbonyl (C=O) groups excluding carboxylic acids is 3. The van der Waals surface area contributed by atoms with Gasteiger partial charge in [-0.1, -0.05) is 0 Å². The number of hydrogen-bond acceptors (Lipinski definition) is 8. The molecule has 10 heteroatoms. The van der Waals surface area contributed by atoms with Crippen molar-refractivity contribution in [2.24, 2.45) is 0 Å². The van der Waals surface area contributed by atoms with E-state index >= 15 is 0 Å². The van der Waals surface area contributed by atoms with Gasteiger partial charge in [-0.25, -0.2) is 0 Å². The molecule has 2 N–H and O–H groups in total. The molecule has 1 aliphatic rings. The quantitative estimate of drug-likeness (QED) is 0.473. The molecule has 9 nitrogen and oxygen atoms in total. The van der Waals surface area contributed by atoms with Crippen LogP contribution in [0, 0.1) is 0 Å². The first-order chi connectivity index (χ1) is 8.23. The zero-order valence-electron chi connectivity index (χ0n) is 9.17. The molecule has 1 rings (SSSR count). The predicted molar refractivity (Wildman–Crippen MR) is 51.5 cm³/mol. The van der Waals surface area contributed by atoms with Gasteiger partial charge in [0.25, 0.3) is 0 Å². The van der Waals surface area contributed by atoms with E-state index in [1.54, 1.807) is 0 Å². The molecule has 1 heterocycles. The van der Waals surface area contributed by atoms with Crippen molar-refractivity contribution in [2.45, 2.75) is 25.4 Å². The SMILES string of the molecule is CC(=O)[O][Pb]1[O]C(=O)CC(O)(CC(=O)O)C(=O)[O]1. The van der Waals surface area contributed by atoms with Gasteiger partial charge in [0, 0.05) is 0 Å². The molecule has 0 spiro atoms. The van der Waals surface area contributed by atoms with Gasteiger partial charge in [-0.05, 0) is 0 Å². The van der Waals surface area contributed by atoms with Crippen LogP contribution in [0.2, 0.25) is 0 Å². The fourth-order valence-electron chi connectivity index (χ4n) is 1.18. The van der Waals surface area contributed by atoms with Crippen LogP contribution < -0.4 is 0 Å². The second kappa shape index (κ2) is 5.60. The Morgan fingerprint density at radius 1 is 1.44 bits per heavy atom. The molecule has 1 unspecified atom stereocenters. The predicted octanol–water partition coefficient (Wildman–Crippen LogP) is -1.77. The van der Waals surface area contributed by atoms with E-state index in [-0.39, 0.29) is 0 Å². The Kier molecular flexibility index (Phi) is 4.61. The van der Waals surface area contributed by atoms with Crippen LogP contribution in [0.1, 0.15) is 19.8 Å². The molecule has 1 fully saturated rings. The normalized spacial score (nSPS) is 24.8. The van der Waals surface area contributed by atoms with Gasteiger partial charge in [-0.3, -0.25) is 0 Å². The minimum atomic E-state index is -4.15. The van der Waals surface area contributed by atoms with Crippen LogP contribution in [-0.2, 0) is 27.2 Å². The van der Waals surface area contributed by atoms with Crippen molar-refractivity contribution in [3.63, 3.8) is 0 Å². The molecular weight excluding hydrogens is 447 g/mol. The average molecular weight is 456 g/mol. The molecule has 0 bridgehead atoms. The number of aliphatic carboxylic acids is 1. The Hall–Kier alpha value is -1.24. The van der Waals surface area contributed by atoms with Crippen LogP contribution in [0.25, 0.3) is 0 Å². The van der Waals surface area contributed by atoms with Crippen molar-refractivity contribution in [3.05, 3.63) is 0 Å². The zero-order valence-corrected chi connectivity index (χ0v) is 13.1. The van der Waals surface area contributed by atoms with Gasteiger partial charge in [0.2, 0.25) is 0 Å². The third-order valence-electron chi connectivity index (χ3n) is 1.86. The van der Waals surface area contributed by atoms with E-state index in [9.17, 15) is 24.3 Å². The summed E-state index contributed by atoms with van der Waals surface area (Å²) in [6, 6.07) is 0. The summed E-state index contributed by atoms with van der Waals surface area (Å²) in [6.07, 6.45) is -1.85. The van der Waals surface area contributed by atoms with Gasteiger partial charge in [-0.2, -0.15) is 0 Å². The summed E-state index contributed by atoms with van der Waals surface area (Å²) in [7, 11) is 0. The monoisotopic (exact) mass is 457 g/mol. The number of aliphatic hydroxyl groups is 1. The first-order valence-corrected chi connectivity index (χ1v) is 9.41. The van der Waals surface area contributed by atoms with Crippen molar-refractivity contribution in [2.75, 3.05) is 0 Å². The maximum absolute atomic E-state index is 11.5. The molecule has 1 atom stereocenters. The van der Waals surface area contributed by atoms with E-state index in [1.807, 2.05) is 0 Å². The molecule has 1 saturated heterocycles. The van der Waals surface area contributed by atoms with E-state index < -0.39 is 66.4 Å². The Bertz CT molecular complexity index is 405. The molecule has 0 aromatic carbocycles. The summed E-state index contributed by atoms with van der Waals surface area (Å²) in [4.78, 5) is 44.0. The molecule has 18 heavy (non-hydrogen) atoms. The summed E-state index contributed by atoms with van der Waals surface area (Å²) < 4.78 is 13.7. The van der Waals surface area contributed by atoms with Crippen molar-refractivity contribution in [1.29, 1.82) is 0 Å². The Morgan fingerprint density at radius 2 is 2.06 bits per heavy atom. The van der Waals surface area contributed by atoms with E-state index in [0.29, 0.717) is 0 Å². The summed E-state index contributed by atoms with van der Waals surface area (Å²) in [6.45, 7) is 1.04. The molecule has 1 aliphatic heterocycles. The van der Waals surface area contributed by atoms with Gasteiger partial charge in [-0.15, -0.1) is 0 Å². The molecule has 0 saturated carbocycles. The van der Waals surface area contributed by atoms with Gasteiger partial charge in [0.05, 0.1) is 0 Å². The first-order valence-electron chi connectivity index (χ1n) is 4.65. The molecule has 0 aromatic heterocycles. The molecule has 1 radical (unpaired) electrons. The number of rotatable bonds is 3. The summed E-state index contributed by atoms with van der Waals surface area (Å²) in [5.74, 6) is -4.63. The molecule has 0 amide bonds. The van der Waals surface area contributed by atoms with E-state index in [2.05, 4.69) is 8.06 Å². The second-order valence-corrected chi connectivity index (χ2v) is 7.81. The third-order valence-corrected chi connectivity index (χ3v) is 6.53. The molecular formula is C8H9O9Pb. The zero-order chi connectivity index (χ0) is 13.9. The van der Waals surface area contributed by atoms with Gasteiger partial charge >= 0.3 is 111 Å². The Labute approximate surface area is 111 Å². The summed E-state index contributed by atoms with van der Waals surface area (Å²) in [5, 5.41) is 18.3. The third kappa shape index (κ3) is 3.90. The Morgan fingerprint density at radius 3 is 2.56 bits per heavy atom. The van der Waals surface area contributed by atoms with Crippen LogP contribution in [0.3, 0.4) is 0 Å². The molecule has 0 aromatic rings. The van der Waals surface area contributed by atoms with Gasteiger partial charge in [0.15, 0.2) is 0 Å². The topological polar surface area (TPSA) is 136 Å². The average Bonchev–Trinajstić information content (AvgIpc) is 2.21. The van der Waals surface area contributed by atoms with Crippen LogP contribution in [0.15, 0.2) is 0 Å². The van der Waals surface area contributed by atoms with Crippen LogP contribution in [-0.4, -0.2) is 63.8 Å². The fraction of sp³-hybridized carbons (Fsp3) is 0.500. The van der Waals surface area contributed by atoms with Gasteiger partial charge < -0.3 is 0 Å².